The van der Waals surface area contributed by atoms with Crippen molar-refractivity contribution in [2.75, 3.05) is 19.8 Å². The average molecular weight is 345 g/mol. The number of hydrogen-bond donors (Lipinski definition) is 0. The monoisotopic (exact) mass is 345 g/mol. The number of nitrogens with zero attached hydrogens (tertiary/aromatic N) is 3. The number of hydrogen-bond acceptors (Lipinski definition) is 4. The van der Waals surface area contributed by atoms with Gasteiger partial charge < -0.3 is 9.64 Å². The Balaban J connectivity index is 1.76. The van der Waals surface area contributed by atoms with Crippen LogP contribution in [-0.4, -0.2) is 40.3 Å². The van der Waals surface area contributed by atoms with Gasteiger partial charge in [0.15, 0.2) is 0 Å². The number of carbonyl (C=O) groups is 1. The number of aromatic nitrogens is 2. The molecule has 0 saturated carbocycles. The number of fused-ring (bicyclic) bond motifs is 1. The van der Waals surface area contributed by atoms with Gasteiger partial charge in [-0.1, -0.05) is 6.07 Å². The van der Waals surface area contributed by atoms with Crippen molar-refractivity contribution >= 4 is 23.3 Å². The summed E-state index contributed by atoms with van der Waals surface area (Å²) in [6, 6.07) is 3.99. The first-order chi connectivity index (χ1) is 11.7. The molecule has 3 rings (SSSR count). The lowest BCUT2D eigenvalue weighted by molar-refractivity contribution is -0.127. The van der Waals surface area contributed by atoms with Gasteiger partial charge >= 0.3 is 0 Å². The lowest BCUT2D eigenvalue weighted by atomic mass is 9.95. The molecule has 1 aliphatic heterocycles. The second-order valence-corrected chi connectivity index (χ2v) is 6.79. The van der Waals surface area contributed by atoms with Crippen LogP contribution in [0.2, 0.25) is 0 Å². The van der Waals surface area contributed by atoms with Gasteiger partial charge in [-0.2, -0.15) is 5.10 Å². The molecule has 24 heavy (non-hydrogen) atoms. The SMILES string of the molecule is CCOC[C@H]1CN(C(=O)/C=C/c2cccs2)Cc2nn(CC)cc21. The summed E-state index contributed by atoms with van der Waals surface area (Å²) in [5.74, 6) is 0.217. The quantitative estimate of drug-likeness (QED) is 0.756. The minimum atomic E-state index is 0.0293. The molecule has 0 N–H and O–H groups in total. The van der Waals surface area contributed by atoms with Crippen LogP contribution in [0.3, 0.4) is 0 Å². The summed E-state index contributed by atoms with van der Waals surface area (Å²) in [5, 5.41) is 6.62. The van der Waals surface area contributed by atoms with Gasteiger partial charge in [0, 0.05) is 48.3 Å². The minimum absolute atomic E-state index is 0.0293. The Bertz CT molecular complexity index is 706. The van der Waals surface area contributed by atoms with Crippen molar-refractivity contribution in [1.29, 1.82) is 0 Å². The summed E-state index contributed by atoms with van der Waals surface area (Å²) in [6.07, 6.45) is 5.64. The molecule has 3 heterocycles. The second-order valence-electron chi connectivity index (χ2n) is 5.81. The summed E-state index contributed by atoms with van der Waals surface area (Å²) >= 11 is 1.62. The normalized spacial score (nSPS) is 17.4. The lowest BCUT2D eigenvalue weighted by Gasteiger charge is -2.31. The van der Waals surface area contributed by atoms with E-state index in [2.05, 4.69) is 18.2 Å². The second kappa shape index (κ2) is 7.77. The van der Waals surface area contributed by atoms with Crippen molar-refractivity contribution in [3.05, 3.63) is 45.9 Å². The van der Waals surface area contributed by atoms with Gasteiger partial charge in [0.1, 0.15) is 0 Å². The molecular weight excluding hydrogens is 322 g/mol. The summed E-state index contributed by atoms with van der Waals surface area (Å²) in [4.78, 5) is 15.5. The zero-order valence-electron chi connectivity index (χ0n) is 14.1. The summed E-state index contributed by atoms with van der Waals surface area (Å²) in [6.45, 7) is 7.45. The Morgan fingerprint density at radius 3 is 3.08 bits per heavy atom. The van der Waals surface area contributed by atoms with Crippen LogP contribution in [0.5, 0.6) is 0 Å². The Kier molecular flexibility index (Phi) is 5.48. The number of aryl methyl sites for hydroxylation is 1. The van der Waals surface area contributed by atoms with Crippen LogP contribution in [0, 0.1) is 0 Å². The largest absolute Gasteiger partial charge is 0.381 e. The number of thiophene rings is 1. The smallest absolute Gasteiger partial charge is 0.246 e. The van der Waals surface area contributed by atoms with Crippen LogP contribution in [0.1, 0.15) is 35.9 Å². The number of carbonyl (C=O) groups excluding carboxylic acids is 1. The Morgan fingerprint density at radius 2 is 2.38 bits per heavy atom. The van der Waals surface area contributed by atoms with Crippen LogP contribution < -0.4 is 0 Å². The van der Waals surface area contributed by atoms with E-state index in [-0.39, 0.29) is 11.8 Å². The predicted octanol–water partition coefficient (Wildman–Crippen LogP) is 3.14. The van der Waals surface area contributed by atoms with Crippen molar-refractivity contribution in [3.8, 4) is 0 Å². The molecule has 0 spiro atoms. The van der Waals surface area contributed by atoms with E-state index in [0.29, 0.717) is 26.3 Å². The van der Waals surface area contributed by atoms with Gasteiger partial charge in [-0.15, -0.1) is 11.3 Å². The predicted molar refractivity (Wildman–Crippen MR) is 95.9 cm³/mol. The van der Waals surface area contributed by atoms with Crippen molar-refractivity contribution < 1.29 is 9.53 Å². The first kappa shape index (κ1) is 16.9. The molecule has 0 radical (unpaired) electrons. The first-order valence-corrected chi connectivity index (χ1v) is 9.23. The Morgan fingerprint density at radius 1 is 1.50 bits per heavy atom. The van der Waals surface area contributed by atoms with Gasteiger partial charge in [-0.25, -0.2) is 0 Å². The van der Waals surface area contributed by atoms with E-state index < -0.39 is 0 Å². The maximum atomic E-state index is 12.6. The maximum absolute atomic E-state index is 12.6. The molecule has 0 saturated heterocycles. The van der Waals surface area contributed by atoms with Crippen molar-refractivity contribution in [1.82, 2.24) is 14.7 Å². The van der Waals surface area contributed by atoms with E-state index in [0.717, 1.165) is 17.1 Å². The molecule has 0 aromatic carbocycles. The van der Waals surface area contributed by atoms with E-state index in [9.17, 15) is 4.79 Å². The van der Waals surface area contributed by atoms with E-state index in [1.807, 2.05) is 40.1 Å². The highest BCUT2D eigenvalue weighted by molar-refractivity contribution is 7.10. The van der Waals surface area contributed by atoms with Crippen LogP contribution in [-0.2, 0) is 22.6 Å². The van der Waals surface area contributed by atoms with Gasteiger partial charge in [0.25, 0.3) is 0 Å². The van der Waals surface area contributed by atoms with Crippen molar-refractivity contribution in [3.63, 3.8) is 0 Å². The minimum Gasteiger partial charge on any atom is -0.381 e. The molecule has 0 fully saturated rings. The zero-order valence-corrected chi connectivity index (χ0v) is 15.0. The van der Waals surface area contributed by atoms with E-state index in [1.54, 1.807) is 17.4 Å². The Labute approximate surface area is 146 Å². The fourth-order valence-electron chi connectivity index (χ4n) is 2.93. The first-order valence-electron chi connectivity index (χ1n) is 8.35. The van der Waals surface area contributed by atoms with E-state index >= 15 is 0 Å². The molecule has 2 aromatic heterocycles. The molecule has 0 bridgehead atoms. The molecule has 5 nitrogen and oxygen atoms in total. The van der Waals surface area contributed by atoms with Gasteiger partial charge in [-0.05, 0) is 31.4 Å². The zero-order chi connectivity index (χ0) is 16.9. The molecule has 128 valence electrons. The van der Waals surface area contributed by atoms with Gasteiger partial charge in [-0.3, -0.25) is 9.48 Å². The molecule has 0 aliphatic carbocycles. The molecule has 2 aromatic rings. The lowest BCUT2D eigenvalue weighted by Crippen LogP contribution is -2.38. The third kappa shape index (κ3) is 3.76. The molecule has 1 aliphatic rings. The molecule has 1 amide bonds. The third-order valence-electron chi connectivity index (χ3n) is 4.18. The Hall–Kier alpha value is -1.92. The highest BCUT2D eigenvalue weighted by Gasteiger charge is 2.30. The number of rotatable bonds is 6. The van der Waals surface area contributed by atoms with Crippen LogP contribution in [0.25, 0.3) is 6.08 Å². The summed E-state index contributed by atoms with van der Waals surface area (Å²) in [5.41, 5.74) is 2.21. The van der Waals surface area contributed by atoms with Crippen molar-refractivity contribution in [2.45, 2.75) is 32.9 Å². The molecular formula is C18H23N3O2S. The average Bonchev–Trinajstić information content (AvgIpc) is 3.26. The van der Waals surface area contributed by atoms with Crippen LogP contribution in [0.15, 0.2) is 29.8 Å². The van der Waals surface area contributed by atoms with E-state index in [4.69, 9.17) is 4.74 Å². The summed E-state index contributed by atoms with van der Waals surface area (Å²) < 4.78 is 7.57. The maximum Gasteiger partial charge on any atom is 0.246 e. The van der Waals surface area contributed by atoms with E-state index in [1.165, 1.54) is 5.56 Å². The highest BCUT2D eigenvalue weighted by Crippen LogP contribution is 2.28. The molecule has 1 atom stereocenters. The summed E-state index contributed by atoms with van der Waals surface area (Å²) in [7, 11) is 0. The van der Waals surface area contributed by atoms with Crippen LogP contribution >= 0.6 is 11.3 Å². The topological polar surface area (TPSA) is 47.4 Å². The fraction of sp³-hybridized carbons (Fsp3) is 0.444. The number of amides is 1. The fourth-order valence-corrected chi connectivity index (χ4v) is 3.55. The van der Waals surface area contributed by atoms with Gasteiger partial charge in [0.05, 0.1) is 18.8 Å². The standard InChI is InChI=1S/C18H23N3O2S/c1-3-21-11-16-14(13-23-4-2)10-20(12-17(16)19-21)18(22)8-7-15-6-5-9-24-15/h5-9,11,14H,3-4,10,12-13H2,1-2H3/b8-7+/t14-/m1/s1. The number of ether oxygens (including phenoxy) is 1. The van der Waals surface area contributed by atoms with Crippen molar-refractivity contribution in [2.24, 2.45) is 0 Å². The van der Waals surface area contributed by atoms with Gasteiger partial charge in [0.2, 0.25) is 5.91 Å². The third-order valence-corrected chi connectivity index (χ3v) is 5.02. The molecule has 6 heteroatoms. The molecule has 0 unspecified atom stereocenters. The van der Waals surface area contributed by atoms with Crippen LogP contribution in [0.4, 0.5) is 0 Å². The highest BCUT2D eigenvalue weighted by atomic mass is 32.1.